The van der Waals surface area contributed by atoms with E-state index >= 15 is 0 Å². The number of carbonyl (C=O) groups is 1. The van der Waals surface area contributed by atoms with Crippen LogP contribution in [-0.4, -0.2) is 24.2 Å². The van der Waals surface area contributed by atoms with Crippen LogP contribution in [0.1, 0.15) is 16.8 Å². The Hall–Kier alpha value is -2.01. The molecule has 0 aliphatic carbocycles. The van der Waals surface area contributed by atoms with Gasteiger partial charge in [0.15, 0.2) is 0 Å². The molecule has 1 aliphatic rings. The number of hydrogen-bond acceptors (Lipinski definition) is 3. The number of hydrogen-bond donors (Lipinski definition) is 1. The van der Waals surface area contributed by atoms with E-state index in [-0.39, 0.29) is 5.56 Å². The van der Waals surface area contributed by atoms with E-state index in [9.17, 15) is 9.90 Å². The van der Waals surface area contributed by atoms with Crippen LogP contribution in [0.25, 0.3) is 0 Å². The lowest BCUT2D eigenvalue weighted by Gasteiger charge is -2.25. The molecule has 21 heavy (non-hydrogen) atoms. The van der Waals surface area contributed by atoms with Gasteiger partial charge in [-0.15, -0.1) is 0 Å². The van der Waals surface area contributed by atoms with Gasteiger partial charge in [0.05, 0.1) is 23.5 Å². The van der Waals surface area contributed by atoms with Gasteiger partial charge in [-0.2, -0.15) is 0 Å². The fourth-order valence-electron chi connectivity index (χ4n) is 2.53. The number of nitrogens with zero attached hydrogens (tertiary/aromatic N) is 1. The topological polar surface area (TPSA) is 49.8 Å². The molecule has 1 N–H and O–H groups in total. The number of carboxylic acids is 1. The average molecular weight is 348 g/mol. The van der Waals surface area contributed by atoms with Crippen molar-refractivity contribution in [3.8, 4) is 5.75 Å². The summed E-state index contributed by atoms with van der Waals surface area (Å²) in [5.41, 5.74) is 1.85. The molecule has 2 aromatic rings. The molecule has 3 rings (SSSR count). The van der Waals surface area contributed by atoms with Crippen molar-refractivity contribution in [1.82, 2.24) is 0 Å². The SMILES string of the molecule is O=C(O)c1c(Br)cccc1N1CCCOc2ccccc21. The minimum atomic E-state index is -0.944. The first-order valence-electron chi connectivity index (χ1n) is 6.69. The number of ether oxygens (including phenoxy) is 1. The van der Waals surface area contributed by atoms with E-state index in [0.29, 0.717) is 23.3 Å². The largest absolute Gasteiger partial charge is 0.491 e. The molecule has 2 aromatic carbocycles. The standard InChI is InChI=1S/C16H14BrNO3/c17-11-5-3-7-13(15(11)16(19)20)18-9-4-10-21-14-8-2-1-6-12(14)18/h1-3,5-8H,4,9-10H2,(H,19,20). The van der Waals surface area contributed by atoms with Crippen molar-refractivity contribution in [3.05, 3.63) is 52.5 Å². The summed E-state index contributed by atoms with van der Waals surface area (Å²) in [6.45, 7) is 1.34. The summed E-state index contributed by atoms with van der Waals surface area (Å²) in [6, 6.07) is 13.1. The molecule has 0 radical (unpaired) electrons. The lowest BCUT2D eigenvalue weighted by molar-refractivity contribution is 0.0696. The van der Waals surface area contributed by atoms with E-state index in [1.165, 1.54) is 0 Å². The van der Waals surface area contributed by atoms with Crippen LogP contribution in [-0.2, 0) is 0 Å². The van der Waals surface area contributed by atoms with Crippen molar-refractivity contribution in [2.75, 3.05) is 18.1 Å². The highest BCUT2D eigenvalue weighted by molar-refractivity contribution is 9.10. The molecule has 0 atom stereocenters. The Bertz CT molecular complexity index is 687. The molecule has 0 unspecified atom stereocenters. The lowest BCUT2D eigenvalue weighted by atomic mass is 10.1. The molecule has 0 saturated carbocycles. The summed E-state index contributed by atoms with van der Waals surface area (Å²) in [7, 11) is 0. The Morgan fingerprint density at radius 1 is 1.14 bits per heavy atom. The number of aromatic carboxylic acids is 1. The molecular weight excluding hydrogens is 334 g/mol. The van der Waals surface area contributed by atoms with Crippen molar-refractivity contribution < 1.29 is 14.6 Å². The molecule has 5 heteroatoms. The van der Waals surface area contributed by atoms with Crippen LogP contribution in [0.5, 0.6) is 5.75 Å². The number of carboxylic acid groups (broad SMARTS) is 1. The molecule has 108 valence electrons. The van der Waals surface area contributed by atoms with E-state index in [1.54, 1.807) is 6.07 Å². The molecular formula is C16H14BrNO3. The van der Waals surface area contributed by atoms with Gasteiger partial charge in [-0.3, -0.25) is 0 Å². The Balaban J connectivity index is 2.17. The second-order valence-corrected chi connectivity index (χ2v) is 5.61. The Labute approximate surface area is 131 Å². The highest BCUT2D eigenvalue weighted by atomic mass is 79.9. The fourth-order valence-corrected chi connectivity index (χ4v) is 3.05. The first kappa shape index (κ1) is 13.9. The summed E-state index contributed by atoms with van der Waals surface area (Å²) < 4.78 is 6.31. The molecule has 0 saturated heterocycles. The normalized spacial score (nSPS) is 14.0. The smallest absolute Gasteiger partial charge is 0.338 e. The van der Waals surface area contributed by atoms with Gasteiger partial charge in [0.25, 0.3) is 0 Å². The van der Waals surface area contributed by atoms with Crippen LogP contribution >= 0.6 is 15.9 Å². The molecule has 0 aromatic heterocycles. The first-order chi connectivity index (χ1) is 10.2. The third-order valence-electron chi connectivity index (χ3n) is 3.44. The van der Waals surface area contributed by atoms with E-state index in [1.807, 2.05) is 41.3 Å². The third kappa shape index (κ3) is 2.61. The number of halogens is 1. The second kappa shape index (κ2) is 5.77. The summed E-state index contributed by atoms with van der Waals surface area (Å²) in [4.78, 5) is 13.6. The van der Waals surface area contributed by atoms with Crippen LogP contribution in [0.2, 0.25) is 0 Å². The zero-order chi connectivity index (χ0) is 14.8. The monoisotopic (exact) mass is 347 g/mol. The van der Waals surface area contributed by atoms with E-state index in [0.717, 1.165) is 17.9 Å². The van der Waals surface area contributed by atoms with Crippen LogP contribution < -0.4 is 9.64 Å². The minimum absolute atomic E-state index is 0.272. The van der Waals surface area contributed by atoms with E-state index in [4.69, 9.17) is 4.74 Å². The number of fused-ring (bicyclic) bond motifs is 1. The molecule has 0 fully saturated rings. The van der Waals surface area contributed by atoms with Crippen molar-refractivity contribution in [2.24, 2.45) is 0 Å². The third-order valence-corrected chi connectivity index (χ3v) is 4.10. The van der Waals surface area contributed by atoms with Crippen molar-refractivity contribution in [2.45, 2.75) is 6.42 Å². The van der Waals surface area contributed by atoms with E-state index in [2.05, 4.69) is 15.9 Å². The Kier molecular flexibility index (Phi) is 3.84. The predicted octanol–water partition coefficient (Wildman–Crippen LogP) is 4.07. The molecule has 4 nitrogen and oxygen atoms in total. The van der Waals surface area contributed by atoms with E-state index < -0.39 is 5.97 Å². The zero-order valence-corrected chi connectivity index (χ0v) is 12.8. The molecule has 1 aliphatic heterocycles. The maximum Gasteiger partial charge on any atom is 0.338 e. The summed E-state index contributed by atoms with van der Waals surface area (Å²) >= 11 is 3.34. The average Bonchev–Trinajstić information content (AvgIpc) is 2.68. The van der Waals surface area contributed by atoms with Gasteiger partial charge in [0, 0.05) is 11.0 Å². The Morgan fingerprint density at radius 2 is 1.90 bits per heavy atom. The van der Waals surface area contributed by atoms with Gasteiger partial charge in [0.1, 0.15) is 5.75 Å². The maximum absolute atomic E-state index is 11.6. The van der Waals surface area contributed by atoms with Crippen LogP contribution in [0.3, 0.4) is 0 Å². The quantitative estimate of drug-likeness (QED) is 0.889. The van der Waals surface area contributed by atoms with Gasteiger partial charge in [-0.1, -0.05) is 18.2 Å². The minimum Gasteiger partial charge on any atom is -0.491 e. The van der Waals surface area contributed by atoms with Gasteiger partial charge in [-0.25, -0.2) is 4.79 Å². The van der Waals surface area contributed by atoms with Gasteiger partial charge < -0.3 is 14.7 Å². The molecule has 1 heterocycles. The molecule has 0 amide bonds. The van der Waals surface area contributed by atoms with Gasteiger partial charge in [-0.05, 0) is 46.6 Å². The fraction of sp³-hybridized carbons (Fsp3) is 0.188. The zero-order valence-electron chi connectivity index (χ0n) is 11.3. The summed E-state index contributed by atoms with van der Waals surface area (Å²) in [5, 5.41) is 9.51. The number of anilines is 2. The van der Waals surface area contributed by atoms with Crippen molar-refractivity contribution in [3.63, 3.8) is 0 Å². The van der Waals surface area contributed by atoms with Crippen LogP contribution in [0.4, 0.5) is 11.4 Å². The second-order valence-electron chi connectivity index (χ2n) is 4.76. The number of para-hydroxylation sites is 2. The predicted molar refractivity (Wildman–Crippen MR) is 84.7 cm³/mol. The first-order valence-corrected chi connectivity index (χ1v) is 7.49. The number of rotatable bonds is 2. The van der Waals surface area contributed by atoms with Crippen LogP contribution in [0, 0.1) is 0 Å². The summed E-state index contributed by atoms with van der Waals surface area (Å²) in [5.74, 6) is -0.161. The maximum atomic E-state index is 11.6. The summed E-state index contributed by atoms with van der Waals surface area (Å²) in [6.07, 6.45) is 0.834. The molecule has 0 spiro atoms. The van der Waals surface area contributed by atoms with Crippen molar-refractivity contribution >= 4 is 33.3 Å². The highest BCUT2D eigenvalue weighted by Crippen LogP contribution is 2.38. The lowest BCUT2D eigenvalue weighted by Crippen LogP contribution is -2.20. The molecule has 0 bridgehead atoms. The van der Waals surface area contributed by atoms with Crippen LogP contribution in [0.15, 0.2) is 46.9 Å². The van der Waals surface area contributed by atoms with Crippen molar-refractivity contribution in [1.29, 1.82) is 0 Å². The number of benzene rings is 2. The highest BCUT2D eigenvalue weighted by Gasteiger charge is 2.23. The Morgan fingerprint density at radius 3 is 2.71 bits per heavy atom. The van der Waals surface area contributed by atoms with Gasteiger partial charge >= 0.3 is 5.97 Å². The van der Waals surface area contributed by atoms with Gasteiger partial charge in [0.2, 0.25) is 0 Å².